The molecule has 0 bridgehead atoms. The summed E-state index contributed by atoms with van der Waals surface area (Å²) in [4.78, 5) is 0. The third kappa shape index (κ3) is 18.4. The molecular formula is C30H56N+. The van der Waals surface area contributed by atoms with Gasteiger partial charge in [0.2, 0.25) is 0 Å². The molecule has 1 aromatic rings. The van der Waals surface area contributed by atoms with Crippen molar-refractivity contribution in [1.82, 2.24) is 0 Å². The van der Waals surface area contributed by atoms with Crippen molar-refractivity contribution in [2.24, 2.45) is 0 Å². The highest BCUT2D eigenvalue weighted by Gasteiger charge is 2.03. The SMILES string of the molecule is CCCCCCCCCCCCCCCC[n+]1cccc(CCCCCCCCC)c1. The number of pyridine rings is 1. The van der Waals surface area contributed by atoms with E-state index in [9.17, 15) is 0 Å². The van der Waals surface area contributed by atoms with Gasteiger partial charge in [-0.3, -0.25) is 0 Å². The van der Waals surface area contributed by atoms with Gasteiger partial charge in [0.05, 0.1) is 0 Å². The highest BCUT2D eigenvalue weighted by molar-refractivity contribution is 5.05. The summed E-state index contributed by atoms with van der Waals surface area (Å²) in [6, 6.07) is 4.57. The smallest absolute Gasteiger partial charge is 0.171 e. The van der Waals surface area contributed by atoms with Gasteiger partial charge in [-0.15, -0.1) is 0 Å². The van der Waals surface area contributed by atoms with E-state index in [-0.39, 0.29) is 0 Å². The van der Waals surface area contributed by atoms with Crippen molar-refractivity contribution in [1.29, 1.82) is 0 Å². The molecule has 0 N–H and O–H groups in total. The molecule has 0 aliphatic heterocycles. The maximum atomic E-state index is 2.43. The summed E-state index contributed by atoms with van der Waals surface area (Å²) in [7, 11) is 0. The molecule has 0 aliphatic rings. The third-order valence-electron chi connectivity index (χ3n) is 6.76. The molecule has 0 fully saturated rings. The summed E-state index contributed by atoms with van der Waals surface area (Å²) >= 11 is 0. The molecule has 1 heteroatoms. The first-order valence-electron chi connectivity index (χ1n) is 14.3. The topological polar surface area (TPSA) is 3.88 Å². The van der Waals surface area contributed by atoms with Crippen molar-refractivity contribution in [3.8, 4) is 0 Å². The molecule has 0 aromatic carbocycles. The van der Waals surface area contributed by atoms with Gasteiger partial charge in [-0.05, 0) is 25.3 Å². The molecule has 0 radical (unpaired) electrons. The highest BCUT2D eigenvalue weighted by atomic mass is 14.9. The second-order valence-electron chi connectivity index (χ2n) is 9.92. The first-order valence-corrected chi connectivity index (χ1v) is 14.3. The van der Waals surface area contributed by atoms with E-state index in [0.29, 0.717) is 0 Å². The monoisotopic (exact) mass is 430 g/mol. The number of aryl methyl sites for hydroxylation is 2. The largest absolute Gasteiger partial charge is 0.205 e. The van der Waals surface area contributed by atoms with Crippen LogP contribution in [0.3, 0.4) is 0 Å². The number of rotatable bonds is 23. The van der Waals surface area contributed by atoms with Crippen LogP contribution in [0.1, 0.15) is 154 Å². The van der Waals surface area contributed by atoms with Crippen LogP contribution in [0, 0.1) is 0 Å². The third-order valence-corrected chi connectivity index (χ3v) is 6.76. The van der Waals surface area contributed by atoms with Crippen LogP contribution in [0.4, 0.5) is 0 Å². The van der Waals surface area contributed by atoms with Crippen molar-refractivity contribution >= 4 is 0 Å². The Hall–Kier alpha value is -0.850. The average Bonchev–Trinajstić information content (AvgIpc) is 2.79. The Bertz CT molecular complexity index is 481. The fraction of sp³-hybridized carbons (Fsp3) is 0.833. The summed E-state index contributed by atoms with van der Waals surface area (Å²) in [5.74, 6) is 0. The zero-order chi connectivity index (χ0) is 22.2. The number of hydrogen-bond donors (Lipinski definition) is 0. The lowest BCUT2D eigenvalue weighted by Crippen LogP contribution is -2.33. The van der Waals surface area contributed by atoms with Crippen LogP contribution < -0.4 is 4.57 Å². The molecule has 0 atom stereocenters. The van der Waals surface area contributed by atoms with Crippen molar-refractivity contribution < 1.29 is 4.57 Å². The Morgan fingerprint density at radius 1 is 0.516 bits per heavy atom. The first-order chi connectivity index (χ1) is 15.4. The van der Waals surface area contributed by atoms with Crippen molar-refractivity contribution in [3.05, 3.63) is 30.1 Å². The van der Waals surface area contributed by atoms with Gasteiger partial charge in [0.1, 0.15) is 6.54 Å². The van der Waals surface area contributed by atoms with E-state index in [4.69, 9.17) is 0 Å². The molecule has 1 rings (SSSR count). The second-order valence-corrected chi connectivity index (χ2v) is 9.92. The Labute approximate surface area is 196 Å². The van der Waals surface area contributed by atoms with E-state index >= 15 is 0 Å². The van der Waals surface area contributed by atoms with Gasteiger partial charge in [0.15, 0.2) is 12.4 Å². The van der Waals surface area contributed by atoms with Crippen molar-refractivity contribution in [3.63, 3.8) is 0 Å². The van der Waals surface area contributed by atoms with E-state index in [1.54, 1.807) is 0 Å². The molecule has 1 aromatic heterocycles. The minimum atomic E-state index is 1.20. The highest BCUT2D eigenvalue weighted by Crippen LogP contribution is 2.13. The Kier molecular flexibility index (Phi) is 20.3. The molecular weight excluding hydrogens is 374 g/mol. The normalized spacial score (nSPS) is 11.3. The summed E-state index contributed by atoms with van der Waals surface area (Å²) < 4.78 is 2.43. The predicted octanol–water partition coefficient (Wildman–Crippen LogP) is 9.75. The lowest BCUT2D eigenvalue weighted by Gasteiger charge is -2.04. The quantitative estimate of drug-likeness (QED) is 0.120. The van der Waals surface area contributed by atoms with Crippen LogP contribution in [-0.2, 0) is 13.0 Å². The summed E-state index contributed by atoms with van der Waals surface area (Å²) in [5, 5.41) is 0. The van der Waals surface area contributed by atoms with Crippen LogP contribution in [-0.4, -0.2) is 0 Å². The van der Waals surface area contributed by atoms with Gasteiger partial charge in [-0.2, -0.15) is 0 Å². The van der Waals surface area contributed by atoms with Gasteiger partial charge in [0.25, 0.3) is 0 Å². The van der Waals surface area contributed by atoms with Gasteiger partial charge < -0.3 is 0 Å². The standard InChI is InChI=1S/C30H56N/c1-3-5-7-9-11-12-13-14-15-16-17-19-21-23-27-31-28-24-26-30(29-31)25-22-20-18-10-8-6-4-2/h24,26,28-29H,3-23,25,27H2,1-2H3/q+1. The fourth-order valence-corrected chi connectivity index (χ4v) is 4.64. The van der Waals surface area contributed by atoms with Gasteiger partial charge in [-0.1, -0.05) is 129 Å². The Balaban J connectivity index is 1.92. The molecule has 180 valence electrons. The van der Waals surface area contributed by atoms with Crippen LogP contribution in [0.2, 0.25) is 0 Å². The van der Waals surface area contributed by atoms with E-state index in [0.717, 1.165) is 0 Å². The molecule has 0 saturated heterocycles. The molecule has 31 heavy (non-hydrogen) atoms. The second kappa shape index (κ2) is 22.3. The zero-order valence-corrected chi connectivity index (χ0v) is 21.5. The molecule has 1 heterocycles. The first kappa shape index (κ1) is 28.2. The molecule has 0 unspecified atom stereocenters. The van der Waals surface area contributed by atoms with E-state index in [2.05, 4.69) is 42.9 Å². The number of hydrogen-bond acceptors (Lipinski definition) is 0. The van der Waals surface area contributed by atoms with Crippen LogP contribution in [0.25, 0.3) is 0 Å². The van der Waals surface area contributed by atoms with E-state index in [1.807, 2.05) is 0 Å². The number of nitrogens with zero attached hydrogens (tertiary/aromatic N) is 1. The van der Waals surface area contributed by atoms with Crippen LogP contribution in [0.5, 0.6) is 0 Å². The molecule has 0 saturated carbocycles. The fourth-order valence-electron chi connectivity index (χ4n) is 4.64. The predicted molar refractivity (Wildman–Crippen MR) is 139 cm³/mol. The van der Waals surface area contributed by atoms with Gasteiger partial charge in [-0.25, -0.2) is 4.57 Å². The maximum absolute atomic E-state index is 2.43. The van der Waals surface area contributed by atoms with Crippen molar-refractivity contribution in [2.75, 3.05) is 0 Å². The average molecular weight is 431 g/mol. The summed E-state index contributed by atoms with van der Waals surface area (Å²) in [6.07, 6.45) is 35.8. The Morgan fingerprint density at radius 3 is 1.42 bits per heavy atom. The molecule has 0 aliphatic carbocycles. The summed E-state index contributed by atoms with van der Waals surface area (Å²) in [5.41, 5.74) is 1.53. The van der Waals surface area contributed by atoms with Crippen LogP contribution in [0.15, 0.2) is 24.5 Å². The zero-order valence-electron chi connectivity index (χ0n) is 21.5. The van der Waals surface area contributed by atoms with Crippen molar-refractivity contribution in [2.45, 2.75) is 162 Å². The lowest BCUT2D eigenvalue weighted by atomic mass is 10.0. The van der Waals surface area contributed by atoms with Gasteiger partial charge >= 0.3 is 0 Å². The maximum Gasteiger partial charge on any atom is 0.171 e. The molecule has 1 nitrogen and oxygen atoms in total. The summed E-state index contributed by atoms with van der Waals surface area (Å²) in [6.45, 7) is 5.79. The minimum absolute atomic E-state index is 1.20. The minimum Gasteiger partial charge on any atom is -0.205 e. The molecule has 0 amide bonds. The lowest BCUT2D eigenvalue weighted by molar-refractivity contribution is -0.697. The van der Waals surface area contributed by atoms with Crippen LogP contribution >= 0.6 is 0 Å². The van der Waals surface area contributed by atoms with Gasteiger partial charge in [0, 0.05) is 18.1 Å². The number of aromatic nitrogens is 1. The van der Waals surface area contributed by atoms with E-state index < -0.39 is 0 Å². The number of unbranched alkanes of at least 4 members (excludes halogenated alkanes) is 19. The van der Waals surface area contributed by atoms with E-state index in [1.165, 1.54) is 153 Å². The Morgan fingerprint density at radius 2 is 0.935 bits per heavy atom. The molecule has 0 spiro atoms.